The first-order valence-electron chi connectivity index (χ1n) is 6.78. The van der Waals surface area contributed by atoms with E-state index < -0.39 is 6.43 Å². The van der Waals surface area contributed by atoms with Gasteiger partial charge in [0.05, 0.1) is 0 Å². The van der Waals surface area contributed by atoms with Gasteiger partial charge < -0.3 is 5.32 Å². The average Bonchev–Trinajstić information content (AvgIpc) is 2.39. The van der Waals surface area contributed by atoms with Gasteiger partial charge in [-0.25, -0.2) is 8.78 Å². The van der Waals surface area contributed by atoms with Crippen molar-refractivity contribution in [3.05, 3.63) is 35.7 Å². The third-order valence-electron chi connectivity index (χ3n) is 3.57. The number of nitrogens with zero attached hydrogens (tertiary/aromatic N) is 1. The van der Waals surface area contributed by atoms with Crippen LogP contribution in [0, 0.1) is 6.92 Å². The van der Waals surface area contributed by atoms with Gasteiger partial charge in [-0.1, -0.05) is 25.8 Å². The molecule has 19 heavy (non-hydrogen) atoms. The molecular weight excluding hydrogens is 246 g/mol. The molecule has 0 saturated heterocycles. The molecule has 1 heterocycles. The number of hydrogen-bond donors (Lipinski definition) is 1. The number of nitrogens with one attached hydrogen (secondary N) is 1. The zero-order chi connectivity index (χ0) is 13.8. The van der Waals surface area contributed by atoms with Gasteiger partial charge in [-0.15, -0.1) is 0 Å². The van der Waals surface area contributed by atoms with Crippen molar-refractivity contribution in [1.82, 2.24) is 10.3 Å². The van der Waals surface area contributed by atoms with Gasteiger partial charge in [-0.05, 0) is 31.4 Å². The lowest BCUT2D eigenvalue weighted by molar-refractivity contribution is 0.145. The molecule has 0 bridgehead atoms. The summed E-state index contributed by atoms with van der Waals surface area (Å²) in [6, 6.07) is 2.08. The Labute approximate surface area is 112 Å². The van der Waals surface area contributed by atoms with E-state index in [2.05, 4.69) is 16.9 Å². The van der Waals surface area contributed by atoms with E-state index in [0.29, 0.717) is 17.3 Å². The van der Waals surface area contributed by atoms with Crippen molar-refractivity contribution in [1.29, 1.82) is 0 Å². The number of aryl methyl sites for hydroxylation is 1. The topological polar surface area (TPSA) is 24.9 Å². The summed E-state index contributed by atoms with van der Waals surface area (Å²) in [7, 11) is 0. The number of aromatic nitrogens is 1. The van der Waals surface area contributed by atoms with Crippen molar-refractivity contribution < 1.29 is 8.78 Å². The molecule has 1 aliphatic carbocycles. The van der Waals surface area contributed by atoms with Crippen molar-refractivity contribution in [3.63, 3.8) is 0 Å². The smallest absolute Gasteiger partial charge is 0.281 e. The number of halogens is 2. The van der Waals surface area contributed by atoms with E-state index in [9.17, 15) is 8.78 Å². The van der Waals surface area contributed by atoms with Gasteiger partial charge in [0, 0.05) is 23.5 Å². The maximum atomic E-state index is 13.0. The Bertz CT molecular complexity index is 451. The molecule has 1 fully saturated rings. The molecule has 2 rings (SSSR count). The van der Waals surface area contributed by atoms with Crippen molar-refractivity contribution in [2.45, 2.75) is 51.5 Å². The molecule has 1 N–H and O–H groups in total. The van der Waals surface area contributed by atoms with Crippen LogP contribution < -0.4 is 5.32 Å². The minimum atomic E-state index is -2.57. The van der Waals surface area contributed by atoms with E-state index in [4.69, 9.17) is 0 Å². The Balaban J connectivity index is 2.15. The maximum absolute atomic E-state index is 13.0. The molecule has 0 aliphatic heterocycles. The predicted molar refractivity (Wildman–Crippen MR) is 73.0 cm³/mol. The monoisotopic (exact) mass is 266 g/mol. The first kappa shape index (κ1) is 14.0. The van der Waals surface area contributed by atoms with Gasteiger partial charge in [0.15, 0.2) is 0 Å². The highest BCUT2D eigenvalue weighted by atomic mass is 19.3. The fourth-order valence-corrected chi connectivity index (χ4v) is 2.57. The molecule has 0 atom stereocenters. The van der Waals surface area contributed by atoms with Crippen LogP contribution >= 0.6 is 0 Å². The van der Waals surface area contributed by atoms with E-state index >= 15 is 0 Å². The highest BCUT2D eigenvalue weighted by molar-refractivity contribution is 5.64. The zero-order valence-electron chi connectivity index (χ0n) is 11.3. The third-order valence-corrected chi connectivity index (χ3v) is 3.57. The summed E-state index contributed by atoms with van der Waals surface area (Å²) in [6.07, 6.45) is 4.72. The first-order valence-corrected chi connectivity index (χ1v) is 6.78. The second-order valence-corrected chi connectivity index (χ2v) is 5.20. The highest BCUT2D eigenvalue weighted by Gasteiger charge is 2.19. The lowest BCUT2D eigenvalue weighted by Gasteiger charge is -2.25. The third kappa shape index (κ3) is 3.52. The van der Waals surface area contributed by atoms with Gasteiger partial charge in [0.1, 0.15) is 5.69 Å². The molecule has 0 radical (unpaired) electrons. The van der Waals surface area contributed by atoms with Crippen molar-refractivity contribution >= 4 is 5.70 Å². The molecule has 1 saturated carbocycles. The van der Waals surface area contributed by atoms with E-state index in [0.717, 1.165) is 18.4 Å². The van der Waals surface area contributed by atoms with Crippen LogP contribution in [0.25, 0.3) is 5.70 Å². The molecule has 104 valence electrons. The minimum Gasteiger partial charge on any atom is -0.382 e. The molecule has 0 amide bonds. The first-order chi connectivity index (χ1) is 9.08. The summed E-state index contributed by atoms with van der Waals surface area (Å²) >= 11 is 0. The van der Waals surface area contributed by atoms with Crippen LogP contribution in [-0.2, 0) is 0 Å². The van der Waals surface area contributed by atoms with E-state index in [1.807, 2.05) is 6.92 Å². The molecule has 2 nitrogen and oxygen atoms in total. The molecule has 4 heteroatoms. The summed E-state index contributed by atoms with van der Waals surface area (Å²) in [5, 5.41) is 3.29. The summed E-state index contributed by atoms with van der Waals surface area (Å²) in [6.45, 7) is 5.77. The van der Waals surface area contributed by atoms with Crippen molar-refractivity contribution in [2.24, 2.45) is 0 Å². The van der Waals surface area contributed by atoms with Crippen molar-refractivity contribution in [3.8, 4) is 0 Å². The van der Waals surface area contributed by atoms with E-state index in [1.54, 1.807) is 6.07 Å². The fourth-order valence-electron chi connectivity index (χ4n) is 2.57. The molecule has 0 spiro atoms. The lowest BCUT2D eigenvalue weighted by atomic mass is 9.95. The molecular formula is C15H20F2N2. The second kappa shape index (κ2) is 6.13. The maximum Gasteiger partial charge on any atom is 0.281 e. The quantitative estimate of drug-likeness (QED) is 0.882. The Morgan fingerprint density at radius 2 is 2.05 bits per heavy atom. The average molecular weight is 266 g/mol. The Hall–Kier alpha value is -1.45. The molecule has 0 aromatic carbocycles. The summed E-state index contributed by atoms with van der Waals surface area (Å²) < 4.78 is 25.9. The van der Waals surface area contributed by atoms with Gasteiger partial charge in [0.2, 0.25) is 0 Å². The van der Waals surface area contributed by atoms with Crippen LogP contribution in [-0.4, -0.2) is 11.0 Å². The summed E-state index contributed by atoms with van der Waals surface area (Å²) in [5.41, 5.74) is 1.70. The summed E-state index contributed by atoms with van der Waals surface area (Å²) in [4.78, 5) is 3.84. The zero-order valence-corrected chi connectivity index (χ0v) is 11.3. The highest BCUT2D eigenvalue weighted by Crippen LogP contribution is 2.27. The number of hydrogen-bond acceptors (Lipinski definition) is 2. The molecule has 0 unspecified atom stereocenters. The molecule has 1 aromatic rings. The van der Waals surface area contributed by atoms with E-state index in [-0.39, 0.29) is 5.69 Å². The van der Waals surface area contributed by atoms with Crippen molar-refractivity contribution in [2.75, 3.05) is 0 Å². The standard InChI is InChI=1S/C15H20F2N2/c1-10-8-13(14(15(16)17)18-9-10)11(2)19-12-6-4-3-5-7-12/h8-9,12,15,19H,2-7H2,1H3. The Morgan fingerprint density at radius 1 is 1.37 bits per heavy atom. The van der Waals surface area contributed by atoms with Crippen LogP contribution in [0.2, 0.25) is 0 Å². The van der Waals surface area contributed by atoms with Crippen LogP contribution in [0.3, 0.4) is 0 Å². The number of alkyl halides is 2. The van der Waals surface area contributed by atoms with Crippen LogP contribution in [0.4, 0.5) is 8.78 Å². The van der Waals surface area contributed by atoms with Crippen LogP contribution in [0.1, 0.15) is 55.4 Å². The Kier molecular flexibility index (Phi) is 4.51. The second-order valence-electron chi connectivity index (χ2n) is 5.20. The number of rotatable bonds is 4. The lowest BCUT2D eigenvalue weighted by Crippen LogP contribution is -2.29. The van der Waals surface area contributed by atoms with Gasteiger partial charge in [-0.3, -0.25) is 4.98 Å². The molecule has 1 aliphatic rings. The summed E-state index contributed by atoms with van der Waals surface area (Å²) in [5.74, 6) is 0. The van der Waals surface area contributed by atoms with E-state index in [1.165, 1.54) is 25.5 Å². The fraction of sp³-hybridized carbons (Fsp3) is 0.533. The Morgan fingerprint density at radius 3 is 2.68 bits per heavy atom. The molecule has 1 aromatic heterocycles. The number of pyridine rings is 1. The normalized spacial score (nSPS) is 16.6. The van der Waals surface area contributed by atoms with Gasteiger partial charge >= 0.3 is 0 Å². The van der Waals surface area contributed by atoms with Gasteiger partial charge in [0.25, 0.3) is 6.43 Å². The SMILES string of the molecule is C=C(NC1CCCCC1)c1cc(C)cnc1C(F)F. The van der Waals surface area contributed by atoms with Gasteiger partial charge in [-0.2, -0.15) is 0 Å². The minimum absolute atomic E-state index is 0.182. The van der Waals surface area contributed by atoms with Crippen LogP contribution in [0.5, 0.6) is 0 Å². The predicted octanol–water partition coefficient (Wildman–Crippen LogP) is 4.22. The van der Waals surface area contributed by atoms with Crippen LogP contribution in [0.15, 0.2) is 18.8 Å². The largest absolute Gasteiger partial charge is 0.382 e.